The molecule has 2 N–H and O–H groups in total. The number of hydrogen-bond donors (Lipinski definition) is 2. The number of aryl methyl sites for hydroxylation is 1. The van der Waals surface area contributed by atoms with Gasteiger partial charge in [-0.3, -0.25) is 9.59 Å². The van der Waals surface area contributed by atoms with Crippen LogP contribution in [0.15, 0.2) is 18.2 Å². The van der Waals surface area contributed by atoms with Crippen molar-refractivity contribution in [1.82, 2.24) is 4.90 Å². The number of para-hydroxylation sites is 1. The minimum Gasteiger partial charge on any atom is -0.507 e. The van der Waals surface area contributed by atoms with Crippen LogP contribution in [0.3, 0.4) is 0 Å². The number of carboxylic acid groups (broad SMARTS) is 1. The van der Waals surface area contributed by atoms with Crippen LogP contribution in [0.2, 0.25) is 0 Å². The first-order valence-electron chi connectivity index (χ1n) is 5.77. The molecule has 0 saturated heterocycles. The molecule has 0 unspecified atom stereocenters. The third kappa shape index (κ3) is 3.23. The predicted octanol–water partition coefficient (Wildman–Crippen LogP) is 1.64. The van der Waals surface area contributed by atoms with E-state index in [1.165, 1.54) is 11.0 Å². The summed E-state index contributed by atoms with van der Waals surface area (Å²) in [6, 6.07) is 4.93. The van der Waals surface area contributed by atoms with Crippen molar-refractivity contribution in [2.75, 3.05) is 13.1 Å². The van der Waals surface area contributed by atoms with Crippen LogP contribution in [0.25, 0.3) is 0 Å². The number of carboxylic acids is 1. The molecule has 1 rings (SSSR count). The third-order valence-electron chi connectivity index (χ3n) is 2.73. The van der Waals surface area contributed by atoms with Crippen LogP contribution in [0.5, 0.6) is 5.75 Å². The molecule has 1 amide bonds. The standard InChI is InChI=1S/C13H17NO4/c1-3-14(8-7-11(15)16)13(18)10-6-4-5-9(2)12(10)17/h4-6,17H,3,7-8H2,1-2H3,(H,15,16). The third-order valence-corrected chi connectivity index (χ3v) is 2.73. The predicted molar refractivity (Wildman–Crippen MR) is 66.7 cm³/mol. The first-order chi connectivity index (χ1) is 8.47. The number of nitrogens with zero attached hydrogens (tertiary/aromatic N) is 1. The van der Waals surface area contributed by atoms with Gasteiger partial charge in [-0.2, -0.15) is 0 Å². The fraction of sp³-hybridized carbons (Fsp3) is 0.385. The summed E-state index contributed by atoms with van der Waals surface area (Å²) in [6.45, 7) is 4.02. The summed E-state index contributed by atoms with van der Waals surface area (Å²) < 4.78 is 0. The zero-order chi connectivity index (χ0) is 13.7. The van der Waals surface area contributed by atoms with E-state index in [1.54, 1.807) is 26.0 Å². The van der Waals surface area contributed by atoms with E-state index in [9.17, 15) is 14.7 Å². The number of carbonyl (C=O) groups is 2. The number of carbonyl (C=O) groups excluding carboxylic acids is 1. The molecular weight excluding hydrogens is 234 g/mol. The van der Waals surface area contributed by atoms with E-state index >= 15 is 0 Å². The molecular formula is C13H17NO4. The highest BCUT2D eigenvalue weighted by atomic mass is 16.4. The van der Waals surface area contributed by atoms with Crippen LogP contribution in [0.4, 0.5) is 0 Å². The number of phenols is 1. The van der Waals surface area contributed by atoms with Crippen molar-refractivity contribution in [2.45, 2.75) is 20.3 Å². The monoisotopic (exact) mass is 251 g/mol. The molecule has 5 nitrogen and oxygen atoms in total. The van der Waals surface area contributed by atoms with Crippen molar-refractivity contribution in [3.63, 3.8) is 0 Å². The maximum absolute atomic E-state index is 12.1. The van der Waals surface area contributed by atoms with Crippen LogP contribution in [0, 0.1) is 6.92 Å². The van der Waals surface area contributed by atoms with Crippen LogP contribution in [0.1, 0.15) is 29.3 Å². The Morgan fingerprint density at radius 2 is 2.00 bits per heavy atom. The van der Waals surface area contributed by atoms with E-state index in [1.807, 2.05) is 0 Å². The van der Waals surface area contributed by atoms with Gasteiger partial charge < -0.3 is 15.1 Å². The molecule has 0 aliphatic carbocycles. The Hall–Kier alpha value is -2.04. The summed E-state index contributed by atoms with van der Waals surface area (Å²) in [7, 11) is 0. The molecule has 0 spiro atoms. The van der Waals surface area contributed by atoms with Crippen LogP contribution < -0.4 is 0 Å². The fourth-order valence-electron chi connectivity index (χ4n) is 1.64. The van der Waals surface area contributed by atoms with Crippen molar-refractivity contribution < 1.29 is 19.8 Å². The minimum absolute atomic E-state index is 0.0451. The maximum atomic E-state index is 12.1. The van der Waals surface area contributed by atoms with E-state index in [2.05, 4.69) is 0 Å². The molecule has 0 aliphatic heterocycles. The lowest BCUT2D eigenvalue weighted by molar-refractivity contribution is -0.137. The van der Waals surface area contributed by atoms with Crippen LogP contribution in [-0.4, -0.2) is 40.1 Å². The lowest BCUT2D eigenvalue weighted by Crippen LogP contribution is -2.32. The Morgan fingerprint density at radius 1 is 1.33 bits per heavy atom. The van der Waals surface area contributed by atoms with Crippen LogP contribution in [-0.2, 0) is 4.79 Å². The first-order valence-corrected chi connectivity index (χ1v) is 5.77. The number of benzene rings is 1. The van der Waals surface area contributed by atoms with Gasteiger partial charge in [-0.05, 0) is 25.5 Å². The summed E-state index contributed by atoms with van der Waals surface area (Å²) in [6.07, 6.45) is -0.105. The van der Waals surface area contributed by atoms with Crippen molar-refractivity contribution in [3.8, 4) is 5.75 Å². The van der Waals surface area contributed by atoms with Gasteiger partial charge in [0.2, 0.25) is 0 Å². The number of amides is 1. The second-order valence-electron chi connectivity index (χ2n) is 4.00. The lowest BCUT2D eigenvalue weighted by atomic mass is 10.1. The van der Waals surface area contributed by atoms with Gasteiger partial charge >= 0.3 is 5.97 Å². The van der Waals surface area contributed by atoms with Gasteiger partial charge in [0, 0.05) is 13.1 Å². The van der Waals surface area contributed by atoms with Crippen LogP contribution >= 0.6 is 0 Å². The molecule has 0 bridgehead atoms. The van der Waals surface area contributed by atoms with Gasteiger partial charge in [0.15, 0.2) is 0 Å². The van der Waals surface area contributed by atoms with Gasteiger partial charge in [-0.1, -0.05) is 12.1 Å². The van der Waals surface area contributed by atoms with E-state index in [0.717, 1.165) is 0 Å². The minimum atomic E-state index is -0.949. The SMILES string of the molecule is CCN(CCC(=O)O)C(=O)c1cccc(C)c1O. The Bertz CT molecular complexity index is 456. The van der Waals surface area contributed by atoms with Gasteiger partial charge in [-0.15, -0.1) is 0 Å². The van der Waals surface area contributed by atoms with Crippen molar-refractivity contribution in [1.29, 1.82) is 0 Å². The van der Waals surface area contributed by atoms with E-state index in [4.69, 9.17) is 5.11 Å². The molecule has 1 aromatic rings. The second-order valence-corrected chi connectivity index (χ2v) is 4.00. The molecule has 0 aliphatic rings. The van der Waals surface area contributed by atoms with Gasteiger partial charge in [0.1, 0.15) is 5.75 Å². The topological polar surface area (TPSA) is 77.8 Å². The Labute approximate surface area is 106 Å². The van der Waals surface area contributed by atoms with Gasteiger partial charge in [0.05, 0.1) is 12.0 Å². The summed E-state index contributed by atoms with van der Waals surface area (Å²) >= 11 is 0. The quantitative estimate of drug-likeness (QED) is 0.833. The Balaban J connectivity index is 2.89. The Morgan fingerprint density at radius 3 is 2.56 bits per heavy atom. The average molecular weight is 251 g/mol. The first kappa shape index (κ1) is 14.0. The molecule has 0 saturated carbocycles. The summed E-state index contributed by atoms with van der Waals surface area (Å²) in [4.78, 5) is 24.1. The molecule has 0 aromatic heterocycles. The highest BCUT2D eigenvalue weighted by molar-refractivity contribution is 5.97. The van der Waals surface area contributed by atoms with Crippen molar-refractivity contribution in [2.24, 2.45) is 0 Å². The molecule has 0 fully saturated rings. The molecule has 18 heavy (non-hydrogen) atoms. The molecule has 0 radical (unpaired) electrons. The average Bonchev–Trinajstić information content (AvgIpc) is 2.32. The largest absolute Gasteiger partial charge is 0.507 e. The van der Waals surface area contributed by atoms with Crippen molar-refractivity contribution >= 4 is 11.9 Å². The zero-order valence-corrected chi connectivity index (χ0v) is 10.5. The summed E-state index contributed by atoms with van der Waals surface area (Å²) in [5, 5.41) is 18.4. The highest BCUT2D eigenvalue weighted by Crippen LogP contribution is 2.22. The fourth-order valence-corrected chi connectivity index (χ4v) is 1.64. The molecule has 98 valence electrons. The van der Waals surface area contributed by atoms with E-state index < -0.39 is 5.97 Å². The second kappa shape index (κ2) is 6.05. The number of aliphatic carboxylic acids is 1. The van der Waals surface area contributed by atoms with E-state index in [-0.39, 0.29) is 30.2 Å². The number of aromatic hydroxyl groups is 1. The van der Waals surface area contributed by atoms with Gasteiger partial charge in [-0.25, -0.2) is 0 Å². The molecule has 5 heteroatoms. The van der Waals surface area contributed by atoms with Gasteiger partial charge in [0.25, 0.3) is 5.91 Å². The maximum Gasteiger partial charge on any atom is 0.305 e. The lowest BCUT2D eigenvalue weighted by Gasteiger charge is -2.20. The Kier molecular flexibility index (Phi) is 4.71. The smallest absolute Gasteiger partial charge is 0.305 e. The number of rotatable bonds is 5. The molecule has 0 heterocycles. The molecule has 1 aromatic carbocycles. The molecule has 0 atom stereocenters. The van der Waals surface area contributed by atoms with Crippen molar-refractivity contribution in [3.05, 3.63) is 29.3 Å². The summed E-state index contributed by atoms with van der Waals surface area (Å²) in [5.74, 6) is -1.34. The number of hydrogen-bond acceptors (Lipinski definition) is 3. The highest BCUT2D eigenvalue weighted by Gasteiger charge is 2.18. The normalized spacial score (nSPS) is 10.1. The zero-order valence-electron chi connectivity index (χ0n) is 10.5. The van der Waals surface area contributed by atoms with E-state index in [0.29, 0.717) is 12.1 Å². The number of phenolic OH excluding ortho intramolecular Hbond substituents is 1. The summed E-state index contributed by atoms with van der Waals surface area (Å²) in [5.41, 5.74) is 0.831.